The van der Waals surface area contributed by atoms with Crippen molar-refractivity contribution in [2.75, 3.05) is 25.5 Å². The highest BCUT2D eigenvalue weighted by Crippen LogP contribution is 2.15. The van der Waals surface area contributed by atoms with Crippen molar-refractivity contribution in [3.63, 3.8) is 0 Å². The topological polar surface area (TPSA) is 28.2 Å². The van der Waals surface area contributed by atoms with Gasteiger partial charge in [-0.15, -0.1) is 0 Å². The van der Waals surface area contributed by atoms with E-state index in [0.717, 1.165) is 38.2 Å². The Bertz CT molecular complexity index is 312. The van der Waals surface area contributed by atoms with Crippen LogP contribution in [-0.2, 0) is 13.0 Å². The minimum atomic E-state index is 0.909. The number of hydrogen-bond acceptors (Lipinski definition) is 3. The van der Waals surface area contributed by atoms with E-state index < -0.39 is 0 Å². The summed E-state index contributed by atoms with van der Waals surface area (Å²) in [5.74, 6) is 1.10. The van der Waals surface area contributed by atoms with Crippen molar-refractivity contribution in [1.82, 2.24) is 10.3 Å². The van der Waals surface area contributed by atoms with Crippen molar-refractivity contribution in [2.24, 2.45) is 0 Å². The van der Waals surface area contributed by atoms with E-state index in [2.05, 4.69) is 43.2 Å². The van der Waals surface area contributed by atoms with E-state index in [4.69, 9.17) is 4.98 Å². The lowest BCUT2D eigenvalue weighted by Crippen LogP contribution is -2.20. The highest BCUT2D eigenvalue weighted by atomic mass is 15.2. The molecule has 0 radical (unpaired) electrons. The smallest absolute Gasteiger partial charge is 0.128 e. The molecule has 0 fully saturated rings. The van der Waals surface area contributed by atoms with Gasteiger partial charge < -0.3 is 10.2 Å². The molecular formula is C14H25N3. The van der Waals surface area contributed by atoms with Gasteiger partial charge in [-0.3, -0.25) is 0 Å². The first-order valence-electron chi connectivity index (χ1n) is 6.56. The number of nitrogens with zero attached hydrogens (tertiary/aromatic N) is 2. The molecule has 0 aromatic carbocycles. The molecular weight excluding hydrogens is 210 g/mol. The molecule has 0 bridgehead atoms. The molecule has 96 valence electrons. The average molecular weight is 235 g/mol. The molecule has 0 spiro atoms. The normalized spacial score (nSPS) is 10.6. The van der Waals surface area contributed by atoms with Gasteiger partial charge in [0, 0.05) is 25.8 Å². The molecule has 0 unspecified atom stereocenters. The third-order valence-corrected chi connectivity index (χ3v) is 2.76. The van der Waals surface area contributed by atoms with Crippen molar-refractivity contribution in [2.45, 2.75) is 39.7 Å². The molecule has 1 N–H and O–H groups in total. The van der Waals surface area contributed by atoms with E-state index in [9.17, 15) is 0 Å². The molecule has 1 heterocycles. The Hall–Kier alpha value is -1.09. The zero-order valence-electron chi connectivity index (χ0n) is 11.6. The summed E-state index contributed by atoms with van der Waals surface area (Å²) in [5.41, 5.74) is 2.53. The number of aryl methyl sites for hydroxylation is 1. The number of hydrogen-bond donors (Lipinski definition) is 1. The maximum absolute atomic E-state index is 4.72. The Morgan fingerprint density at radius 2 is 2.00 bits per heavy atom. The third-order valence-electron chi connectivity index (χ3n) is 2.76. The van der Waals surface area contributed by atoms with Gasteiger partial charge in [0.2, 0.25) is 0 Å². The van der Waals surface area contributed by atoms with Gasteiger partial charge in [-0.1, -0.05) is 20.3 Å². The van der Waals surface area contributed by atoms with E-state index in [0.29, 0.717) is 0 Å². The Kier molecular flexibility index (Phi) is 5.98. The first kappa shape index (κ1) is 14.0. The maximum Gasteiger partial charge on any atom is 0.128 e. The average Bonchev–Trinajstić information content (AvgIpc) is 2.30. The molecule has 0 atom stereocenters. The van der Waals surface area contributed by atoms with Crippen molar-refractivity contribution in [3.05, 3.63) is 23.4 Å². The van der Waals surface area contributed by atoms with E-state index in [1.165, 1.54) is 11.3 Å². The SMILES string of the molecule is CCCc1cc(CNC)cc(N(C)CCC)n1. The lowest BCUT2D eigenvalue weighted by Gasteiger charge is -2.19. The van der Waals surface area contributed by atoms with Crippen LogP contribution < -0.4 is 10.2 Å². The quantitative estimate of drug-likeness (QED) is 0.787. The second kappa shape index (κ2) is 7.28. The summed E-state index contributed by atoms with van der Waals surface area (Å²) in [5, 5.41) is 3.21. The largest absolute Gasteiger partial charge is 0.360 e. The zero-order chi connectivity index (χ0) is 12.7. The van der Waals surface area contributed by atoms with Crippen molar-refractivity contribution >= 4 is 5.82 Å². The molecule has 0 aliphatic rings. The van der Waals surface area contributed by atoms with Gasteiger partial charge in [0.25, 0.3) is 0 Å². The third kappa shape index (κ3) is 4.35. The molecule has 1 aromatic heterocycles. The number of pyridine rings is 1. The summed E-state index contributed by atoms with van der Waals surface area (Å²) in [6, 6.07) is 4.40. The highest BCUT2D eigenvalue weighted by molar-refractivity contribution is 5.42. The lowest BCUT2D eigenvalue weighted by atomic mass is 10.1. The Morgan fingerprint density at radius 1 is 1.24 bits per heavy atom. The molecule has 0 aliphatic heterocycles. The van der Waals surface area contributed by atoms with Crippen LogP contribution >= 0.6 is 0 Å². The van der Waals surface area contributed by atoms with Gasteiger partial charge in [-0.2, -0.15) is 0 Å². The minimum absolute atomic E-state index is 0.909. The standard InChI is InChI=1S/C14H25N3/c1-5-7-13-9-12(11-15-3)10-14(16-13)17(4)8-6-2/h9-10,15H,5-8,11H2,1-4H3. The maximum atomic E-state index is 4.72. The van der Waals surface area contributed by atoms with Crippen LogP contribution in [0.2, 0.25) is 0 Å². The van der Waals surface area contributed by atoms with E-state index in [1.807, 2.05) is 7.05 Å². The number of anilines is 1. The van der Waals surface area contributed by atoms with Gasteiger partial charge in [0.1, 0.15) is 5.82 Å². The van der Waals surface area contributed by atoms with Crippen molar-refractivity contribution in [1.29, 1.82) is 0 Å². The number of rotatable bonds is 7. The van der Waals surface area contributed by atoms with Crippen LogP contribution in [0.1, 0.15) is 37.9 Å². The van der Waals surface area contributed by atoms with Crippen LogP contribution in [-0.4, -0.2) is 25.6 Å². The van der Waals surface area contributed by atoms with E-state index >= 15 is 0 Å². The van der Waals surface area contributed by atoms with Gasteiger partial charge in [0.15, 0.2) is 0 Å². The van der Waals surface area contributed by atoms with Crippen LogP contribution in [0.5, 0.6) is 0 Å². The first-order chi connectivity index (χ1) is 8.21. The van der Waals surface area contributed by atoms with Crippen LogP contribution in [0, 0.1) is 0 Å². The van der Waals surface area contributed by atoms with E-state index in [-0.39, 0.29) is 0 Å². The second-order valence-corrected chi connectivity index (χ2v) is 4.53. The first-order valence-corrected chi connectivity index (χ1v) is 6.56. The Balaban J connectivity index is 2.93. The van der Waals surface area contributed by atoms with Crippen molar-refractivity contribution < 1.29 is 0 Å². The summed E-state index contributed by atoms with van der Waals surface area (Å²) in [6.45, 7) is 6.36. The Morgan fingerprint density at radius 3 is 2.59 bits per heavy atom. The highest BCUT2D eigenvalue weighted by Gasteiger charge is 2.06. The van der Waals surface area contributed by atoms with Gasteiger partial charge in [0.05, 0.1) is 0 Å². The summed E-state index contributed by atoms with van der Waals surface area (Å²) in [6.07, 6.45) is 3.36. The molecule has 0 saturated carbocycles. The molecule has 3 nitrogen and oxygen atoms in total. The number of nitrogens with one attached hydrogen (secondary N) is 1. The zero-order valence-corrected chi connectivity index (χ0v) is 11.6. The van der Waals surface area contributed by atoms with Gasteiger partial charge in [-0.05, 0) is 37.6 Å². The van der Waals surface area contributed by atoms with E-state index in [1.54, 1.807) is 0 Å². The van der Waals surface area contributed by atoms with Crippen LogP contribution in [0.4, 0.5) is 5.82 Å². The Labute approximate surface area is 105 Å². The van der Waals surface area contributed by atoms with Gasteiger partial charge in [-0.25, -0.2) is 4.98 Å². The van der Waals surface area contributed by atoms with Crippen LogP contribution in [0.15, 0.2) is 12.1 Å². The summed E-state index contributed by atoms with van der Waals surface area (Å²) in [4.78, 5) is 6.96. The van der Waals surface area contributed by atoms with Crippen LogP contribution in [0.25, 0.3) is 0 Å². The fourth-order valence-electron chi connectivity index (χ4n) is 1.97. The molecule has 0 aliphatic carbocycles. The van der Waals surface area contributed by atoms with Gasteiger partial charge >= 0.3 is 0 Å². The summed E-state index contributed by atoms with van der Waals surface area (Å²) in [7, 11) is 4.10. The summed E-state index contributed by atoms with van der Waals surface area (Å²) >= 11 is 0. The lowest BCUT2D eigenvalue weighted by molar-refractivity contribution is 0.790. The molecule has 0 saturated heterocycles. The molecule has 1 rings (SSSR count). The van der Waals surface area contributed by atoms with Crippen molar-refractivity contribution in [3.8, 4) is 0 Å². The molecule has 1 aromatic rings. The monoisotopic (exact) mass is 235 g/mol. The predicted molar refractivity (Wildman–Crippen MR) is 74.6 cm³/mol. The molecule has 3 heteroatoms. The molecule has 17 heavy (non-hydrogen) atoms. The van der Waals surface area contributed by atoms with Crippen LogP contribution in [0.3, 0.4) is 0 Å². The fourth-order valence-corrected chi connectivity index (χ4v) is 1.97. The predicted octanol–water partition coefficient (Wildman–Crippen LogP) is 2.60. The minimum Gasteiger partial charge on any atom is -0.360 e. The number of aromatic nitrogens is 1. The summed E-state index contributed by atoms with van der Waals surface area (Å²) < 4.78 is 0. The second-order valence-electron chi connectivity index (χ2n) is 4.53. The fraction of sp³-hybridized carbons (Fsp3) is 0.643. The molecule has 0 amide bonds.